The lowest BCUT2D eigenvalue weighted by molar-refractivity contribution is 0.198. The smallest absolute Gasteiger partial charge is 0.0445 e. The van der Waals surface area contributed by atoms with Crippen molar-refractivity contribution in [1.29, 1.82) is 0 Å². The van der Waals surface area contributed by atoms with E-state index in [1.807, 2.05) is 0 Å². The second-order valence-electron chi connectivity index (χ2n) is 6.10. The van der Waals surface area contributed by atoms with E-state index in [1.165, 1.54) is 70.6 Å². The molecular weight excluding hydrogens is 270 g/mol. The zero-order chi connectivity index (χ0) is 14.3. The predicted octanol–water partition coefficient (Wildman–Crippen LogP) is 5.03. The van der Waals surface area contributed by atoms with Crippen molar-refractivity contribution in [3.8, 4) is 0 Å². The van der Waals surface area contributed by atoms with Gasteiger partial charge < -0.3 is 10.0 Å². The van der Waals surface area contributed by atoms with Crippen molar-refractivity contribution in [2.24, 2.45) is 0 Å². The standard InChI is InChI=1S/C17H37NO.ClH/c1-4-5-6-7-8-9-10-11-12-13-14-17(15-16-19)18(2)3;/h17,19H,4-16H2,1-3H3;1H. The molecule has 1 atom stereocenters. The average Bonchev–Trinajstić information content (AvgIpc) is 2.39. The number of aliphatic hydroxyl groups excluding tert-OH is 1. The number of nitrogens with zero attached hydrogens (tertiary/aromatic N) is 1. The van der Waals surface area contributed by atoms with Crippen LogP contribution in [0.1, 0.15) is 84.0 Å². The molecule has 0 bridgehead atoms. The molecule has 2 nitrogen and oxygen atoms in total. The van der Waals surface area contributed by atoms with E-state index < -0.39 is 0 Å². The Kier molecular flexibility index (Phi) is 19.4. The second kappa shape index (κ2) is 17.3. The van der Waals surface area contributed by atoms with E-state index in [9.17, 15) is 0 Å². The third kappa shape index (κ3) is 14.6. The SMILES string of the molecule is CCCCCCCCCCCCC(CCO)N(C)C.Cl. The Balaban J connectivity index is 0. The molecule has 0 heterocycles. The summed E-state index contributed by atoms with van der Waals surface area (Å²) in [5, 5.41) is 9.02. The zero-order valence-corrected chi connectivity index (χ0v) is 14.9. The highest BCUT2D eigenvalue weighted by atomic mass is 35.5. The van der Waals surface area contributed by atoms with Crippen molar-refractivity contribution < 1.29 is 5.11 Å². The summed E-state index contributed by atoms with van der Waals surface area (Å²) in [5.74, 6) is 0. The quantitative estimate of drug-likeness (QED) is 0.455. The molecule has 0 aromatic rings. The normalized spacial score (nSPS) is 12.4. The maximum absolute atomic E-state index is 9.02. The van der Waals surface area contributed by atoms with Crippen LogP contribution in [-0.2, 0) is 0 Å². The number of unbranched alkanes of at least 4 members (excludes halogenated alkanes) is 9. The van der Waals surface area contributed by atoms with Crippen LogP contribution >= 0.6 is 12.4 Å². The average molecular weight is 308 g/mol. The highest BCUT2D eigenvalue weighted by Crippen LogP contribution is 2.14. The Morgan fingerprint density at radius 1 is 0.750 bits per heavy atom. The van der Waals surface area contributed by atoms with E-state index >= 15 is 0 Å². The first kappa shape index (κ1) is 22.5. The number of rotatable bonds is 14. The van der Waals surface area contributed by atoms with Crippen LogP contribution in [0.15, 0.2) is 0 Å². The van der Waals surface area contributed by atoms with Gasteiger partial charge in [0.15, 0.2) is 0 Å². The van der Waals surface area contributed by atoms with Crippen LogP contribution in [0.5, 0.6) is 0 Å². The fourth-order valence-corrected chi connectivity index (χ4v) is 2.68. The first-order chi connectivity index (χ1) is 9.22. The lowest BCUT2D eigenvalue weighted by Crippen LogP contribution is -2.28. The molecule has 0 spiro atoms. The van der Waals surface area contributed by atoms with Gasteiger partial charge in [0.1, 0.15) is 0 Å². The van der Waals surface area contributed by atoms with Crippen molar-refractivity contribution >= 4 is 12.4 Å². The van der Waals surface area contributed by atoms with Gasteiger partial charge in [0, 0.05) is 12.6 Å². The Morgan fingerprint density at radius 3 is 1.60 bits per heavy atom. The lowest BCUT2D eigenvalue weighted by Gasteiger charge is -2.23. The van der Waals surface area contributed by atoms with Crippen molar-refractivity contribution in [1.82, 2.24) is 4.90 Å². The van der Waals surface area contributed by atoms with Crippen LogP contribution in [0.3, 0.4) is 0 Å². The number of hydrogen-bond acceptors (Lipinski definition) is 2. The maximum Gasteiger partial charge on any atom is 0.0445 e. The number of halogens is 1. The monoisotopic (exact) mass is 307 g/mol. The van der Waals surface area contributed by atoms with E-state index in [4.69, 9.17) is 5.11 Å². The summed E-state index contributed by atoms with van der Waals surface area (Å²) in [6.45, 7) is 2.60. The Morgan fingerprint density at radius 2 is 1.20 bits per heavy atom. The molecule has 0 saturated heterocycles. The fourth-order valence-electron chi connectivity index (χ4n) is 2.68. The topological polar surface area (TPSA) is 23.5 Å². The summed E-state index contributed by atoms with van der Waals surface area (Å²) in [6.07, 6.45) is 16.2. The Bertz CT molecular complexity index is 176. The second-order valence-corrected chi connectivity index (χ2v) is 6.10. The summed E-state index contributed by atoms with van der Waals surface area (Å²) < 4.78 is 0. The zero-order valence-electron chi connectivity index (χ0n) is 14.1. The van der Waals surface area contributed by atoms with Crippen molar-refractivity contribution in [3.05, 3.63) is 0 Å². The number of hydrogen-bond donors (Lipinski definition) is 1. The van der Waals surface area contributed by atoms with Gasteiger partial charge in [-0.15, -0.1) is 12.4 Å². The van der Waals surface area contributed by atoms with Gasteiger partial charge in [-0.3, -0.25) is 0 Å². The van der Waals surface area contributed by atoms with Crippen LogP contribution in [0.25, 0.3) is 0 Å². The predicted molar refractivity (Wildman–Crippen MR) is 92.9 cm³/mol. The molecule has 0 fully saturated rings. The van der Waals surface area contributed by atoms with E-state index in [0.29, 0.717) is 12.6 Å². The summed E-state index contributed by atoms with van der Waals surface area (Å²) >= 11 is 0. The first-order valence-electron chi connectivity index (χ1n) is 8.49. The van der Waals surface area contributed by atoms with Crippen LogP contribution in [-0.4, -0.2) is 36.8 Å². The molecule has 1 unspecified atom stereocenters. The fraction of sp³-hybridized carbons (Fsp3) is 1.00. The largest absolute Gasteiger partial charge is 0.396 e. The molecule has 0 aliphatic heterocycles. The van der Waals surface area contributed by atoms with Crippen molar-refractivity contribution in [2.75, 3.05) is 20.7 Å². The summed E-state index contributed by atoms with van der Waals surface area (Å²) in [5.41, 5.74) is 0. The molecule has 0 amide bonds. The molecule has 0 aliphatic rings. The highest BCUT2D eigenvalue weighted by Gasteiger charge is 2.09. The van der Waals surface area contributed by atoms with Gasteiger partial charge in [-0.05, 0) is 26.9 Å². The Hall–Kier alpha value is 0.210. The molecule has 0 rings (SSSR count). The van der Waals surface area contributed by atoms with Crippen molar-refractivity contribution in [2.45, 2.75) is 90.0 Å². The van der Waals surface area contributed by atoms with Crippen molar-refractivity contribution in [3.63, 3.8) is 0 Å². The molecule has 1 N–H and O–H groups in total. The summed E-state index contributed by atoms with van der Waals surface area (Å²) in [7, 11) is 4.24. The molecule has 20 heavy (non-hydrogen) atoms. The van der Waals surface area contributed by atoms with E-state index in [1.54, 1.807) is 0 Å². The number of aliphatic hydroxyl groups is 1. The third-order valence-electron chi connectivity index (χ3n) is 4.08. The molecular formula is C17H38ClNO. The van der Waals surface area contributed by atoms with E-state index in [-0.39, 0.29) is 12.4 Å². The maximum atomic E-state index is 9.02. The minimum atomic E-state index is 0. The molecule has 0 aromatic carbocycles. The van der Waals surface area contributed by atoms with Gasteiger partial charge in [-0.2, -0.15) is 0 Å². The Labute approximate surface area is 133 Å². The minimum absolute atomic E-state index is 0. The summed E-state index contributed by atoms with van der Waals surface area (Å²) in [6, 6.07) is 0.569. The van der Waals surface area contributed by atoms with Gasteiger partial charge in [0.2, 0.25) is 0 Å². The van der Waals surface area contributed by atoms with E-state index in [0.717, 1.165) is 6.42 Å². The first-order valence-corrected chi connectivity index (χ1v) is 8.49. The van der Waals surface area contributed by atoms with Crippen LogP contribution in [0, 0.1) is 0 Å². The molecule has 0 radical (unpaired) electrons. The molecule has 0 saturated carbocycles. The molecule has 124 valence electrons. The third-order valence-corrected chi connectivity index (χ3v) is 4.08. The van der Waals surface area contributed by atoms with Gasteiger partial charge in [0.25, 0.3) is 0 Å². The lowest BCUT2D eigenvalue weighted by atomic mass is 10.0. The van der Waals surface area contributed by atoms with Gasteiger partial charge in [-0.25, -0.2) is 0 Å². The van der Waals surface area contributed by atoms with Crippen LogP contribution in [0.4, 0.5) is 0 Å². The van der Waals surface area contributed by atoms with Crippen LogP contribution in [0.2, 0.25) is 0 Å². The summed E-state index contributed by atoms with van der Waals surface area (Å²) in [4.78, 5) is 2.25. The highest BCUT2D eigenvalue weighted by molar-refractivity contribution is 5.85. The molecule has 0 aliphatic carbocycles. The molecule has 3 heteroatoms. The van der Waals surface area contributed by atoms with Crippen LogP contribution < -0.4 is 0 Å². The van der Waals surface area contributed by atoms with Gasteiger partial charge in [0.05, 0.1) is 0 Å². The van der Waals surface area contributed by atoms with E-state index in [2.05, 4.69) is 25.9 Å². The van der Waals surface area contributed by atoms with Gasteiger partial charge >= 0.3 is 0 Å². The van der Waals surface area contributed by atoms with Gasteiger partial charge in [-0.1, -0.05) is 71.1 Å². The minimum Gasteiger partial charge on any atom is -0.396 e. The molecule has 0 aromatic heterocycles.